The maximum absolute atomic E-state index is 11.6. The first-order valence-electron chi connectivity index (χ1n) is 5.86. The minimum Gasteiger partial charge on any atom is -0.328 e. The molecule has 1 N–H and O–H groups in total. The first-order valence-corrected chi connectivity index (χ1v) is 5.86. The molecule has 0 atom stereocenters. The Hall–Kier alpha value is -1.68. The van der Waals surface area contributed by atoms with Gasteiger partial charge in [-0.3, -0.25) is 4.79 Å². The van der Waals surface area contributed by atoms with Crippen LogP contribution in [0.5, 0.6) is 0 Å². The van der Waals surface area contributed by atoms with Crippen LogP contribution in [0, 0.1) is 0 Å². The molecule has 2 rings (SSSR count). The van der Waals surface area contributed by atoms with Crippen LogP contribution in [0.1, 0.15) is 12.7 Å². The lowest BCUT2D eigenvalue weighted by molar-refractivity contribution is -0.117. The summed E-state index contributed by atoms with van der Waals surface area (Å²) in [6.07, 6.45) is 0.392. The summed E-state index contributed by atoms with van der Waals surface area (Å²) in [6.45, 7) is 3.30. The number of carbonyl (C=O) groups excluding carboxylic acids is 1. The highest BCUT2D eigenvalue weighted by Gasteiger charge is 2.12. The highest BCUT2D eigenvalue weighted by atomic mass is 16.1. The Morgan fingerprint density at radius 1 is 1.41 bits per heavy atom. The molecule has 17 heavy (non-hydrogen) atoms. The predicted octanol–water partition coefficient (Wildman–Crippen LogP) is 1.39. The van der Waals surface area contributed by atoms with E-state index in [0.717, 1.165) is 23.4 Å². The normalized spacial score (nSPS) is 10.9. The molecule has 0 fully saturated rings. The molecule has 4 nitrogen and oxygen atoms in total. The molecule has 1 aromatic carbocycles. The van der Waals surface area contributed by atoms with E-state index in [0.29, 0.717) is 13.0 Å². The van der Waals surface area contributed by atoms with Gasteiger partial charge in [0, 0.05) is 6.54 Å². The van der Waals surface area contributed by atoms with Crippen LogP contribution < -0.4 is 5.32 Å². The van der Waals surface area contributed by atoms with Gasteiger partial charge in [-0.05, 0) is 26.1 Å². The van der Waals surface area contributed by atoms with Gasteiger partial charge in [0.25, 0.3) is 0 Å². The van der Waals surface area contributed by atoms with Crippen molar-refractivity contribution in [3.05, 3.63) is 30.1 Å². The average Bonchev–Trinajstić information content (AvgIpc) is 2.66. The third-order valence-electron chi connectivity index (χ3n) is 2.78. The van der Waals surface area contributed by atoms with Crippen LogP contribution in [0.15, 0.2) is 24.3 Å². The van der Waals surface area contributed by atoms with Crippen molar-refractivity contribution < 1.29 is 4.79 Å². The third kappa shape index (κ3) is 2.36. The Labute approximate surface area is 101 Å². The van der Waals surface area contributed by atoms with Crippen molar-refractivity contribution in [2.24, 2.45) is 0 Å². The molecule has 2 aromatic rings. The Morgan fingerprint density at radius 2 is 2.18 bits per heavy atom. The number of hydrogen-bond donors (Lipinski definition) is 1. The molecular weight excluding hydrogens is 214 g/mol. The number of para-hydroxylation sites is 2. The number of fused-ring (bicyclic) bond motifs is 1. The summed E-state index contributed by atoms with van der Waals surface area (Å²) in [5, 5.41) is 2.87. The maximum atomic E-state index is 11.6. The zero-order valence-corrected chi connectivity index (χ0v) is 10.2. The fourth-order valence-electron chi connectivity index (χ4n) is 2.05. The van der Waals surface area contributed by atoms with Crippen LogP contribution in [-0.2, 0) is 17.8 Å². The molecule has 0 aliphatic heterocycles. The second-order valence-corrected chi connectivity index (χ2v) is 4.01. The van der Waals surface area contributed by atoms with Gasteiger partial charge < -0.3 is 9.88 Å². The number of Topliss-reactive ketones (excluding diaryl/α,β-unsaturated/α-hetero) is 1. The Morgan fingerprint density at radius 3 is 2.88 bits per heavy atom. The lowest BCUT2D eigenvalue weighted by Gasteiger charge is -2.05. The summed E-state index contributed by atoms with van der Waals surface area (Å²) < 4.78 is 2.10. The molecule has 1 aromatic heterocycles. The zero-order valence-electron chi connectivity index (χ0n) is 10.2. The number of imidazole rings is 1. The van der Waals surface area contributed by atoms with Crippen molar-refractivity contribution in [1.82, 2.24) is 14.9 Å². The van der Waals surface area contributed by atoms with E-state index in [1.165, 1.54) is 0 Å². The van der Waals surface area contributed by atoms with Crippen LogP contribution in [0.2, 0.25) is 0 Å². The van der Waals surface area contributed by atoms with E-state index >= 15 is 0 Å². The number of nitrogens with one attached hydrogen (secondary N) is 1. The van der Waals surface area contributed by atoms with Crippen molar-refractivity contribution in [3.8, 4) is 0 Å². The second kappa shape index (κ2) is 5.10. The maximum Gasteiger partial charge on any atom is 0.154 e. The standard InChI is InChI=1S/C13H17N3O/c1-3-16-12-7-5-4-6-11(12)15-13(16)8-10(17)9-14-2/h4-7,14H,3,8-9H2,1-2H3. The zero-order chi connectivity index (χ0) is 12.3. The van der Waals surface area contributed by atoms with Gasteiger partial charge in [0.05, 0.1) is 24.0 Å². The SMILES string of the molecule is CCn1c(CC(=O)CNC)nc2ccccc21. The van der Waals surface area contributed by atoms with E-state index in [9.17, 15) is 4.79 Å². The fraction of sp³-hybridized carbons (Fsp3) is 0.385. The van der Waals surface area contributed by atoms with Crippen molar-refractivity contribution in [3.63, 3.8) is 0 Å². The summed E-state index contributed by atoms with van der Waals surface area (Å²) in [5.74, 6) is 1.02. The lowest BCUT2D eigenvalue weighted by atomic mass is 10.2. The molecule has 0 unspecified atom stereocenters. The van der Waals surface area contributed by atoms with Gasteiger partial charge in [0.15, 0.2) is 5.78 Å². The average molecular weight is 231 g/mol. The van der Waals surface area contributed by atoms with Gasteiger partial charge >= 0.3 is 0 Å². The van der Waals surface area contributed by atoms with Gasteiger partial charge in [0.2, 0.25) is 0 Å². The van der Waals surface area contributed by atoms with Crippen LogP contribution in [0.3, 0.4) is 0 Å². The molecule has 0 aliphatic carbocycles. The minimum atomic E-state index is 0.164. The molecule has 90 valence electrons. The number of rotatable bonds is 5. The van der Waals surface area contributed by atoms with E-state index in [4.69, 9.17) is 0 Å². The molecule has 1 heterocycles. The molecule has 0 spiro atoms. The number of ketones is 1. The number of hydrogen-bond acceptors (Lipinski definition) is 3. The van der Waals surface area contributed by atoms with E-state index < -0.39 is 0 Å². The van der Waals surface area contributed by atoms with Gasteiger partial charge in [0.1, 0.15) is 5.82 Å². The van der Waals surface area contributed by atoms with Gasteiger partial charge in [-0.15, -0.1) is 0 Å². The Balaban J connectivity index is 2.36. The first kappa shape index (κ1) is 11.8. The van der Waals surface area contributed by atoms with Crippen molar-refractivity contribution in [1.29, 1.82) is 0 Å². The van der Waals surface area contributed by atoms with Crippen LogP contribution in [0.4, 0.5) is 0 Å². The van der Waals surface area contributed by atoms with Gasteiger partial charge in [-0.25, -0.2) is 4.98 Å². The van der Waals surface area contributed by atoms with Gasteiger partial charge in [-0.1, -0.05) is 12.1 Å². The highest BCUT2D eigenvalue weighted by Crippen LogP contribution is 2.16. The van der Waals surface area contributed by atoms with E-state index in [-0.39, 0.29) is 5.78 Å². The summed E-state index contributed by atoms with van der Waals surface area (Å²) >= 11 is 0. The Kier molecular flexibility index (Phi) is 3.54. The molecule has 0 saturated carbocycles. The van der Waals surface area contributed by atoms with Crippen molar-refractivity contribution in [2.45, 2.75) is 19.9 Å². The molecule has 0 aliphatic rings. The number of aromatic nitrogens is 2. The topological polar surface area (TPSA) is 46.9 Å². The summed E-state index contributed by atoms with van der Waals surface area (Å²) in [5.41, 5.74) is 2.06. The molecule has 0 amide bonds. The van der Waals surface area contributed by atoms with E-state index in [1.54, 1.807) is 7.05 Å². The van der Waals surface area contributed by atoms with Crippen LogP contribution in [-0.4, -0.2) is 28.9 Å². The highest BCUT2D eigenvalue weighted by molar-refractivity contribution is 5.84. The van der Waals surface area contributed by atoms with Crippen molar-refractivity contribution in [2.75, 3.05) is 13.6 Å². The first-order chi connectivity index (χ1) is 8.26. The van der Waals surface area contributed by atoms with Crippen LogP contribution in [0.25, 0.3) is 11.0 Å². The molecular formula is C13H17N3O. The minimum absolute atomic E-state index is 0.164. The van der Waals surface area contributed by atoms with Crippen LogP contribution >= 0.6 is 0 Å². The molecule has 4 heteroatoms. The molecule has 0 saturated heterocycles. The van der Waals surface area contributed by atoms with E-state index in [1.807, 2.05) is 24.3 Å². The van der Waals surface area contributed by atoms with Crippen molar-refractivity contribution >= 4 is 16.8 Å². The monoisotopic (exact) mass is 231 g/mol. The molecule has 0 radical (unpaired) electrons. The second-order valence-electron chi connectivity index (χ2n) is 4.01. The van der Waals surface area contributed by atoms with E-state index in [2.05, 4.69) is 21.8 Å². The number of likely N-dealkylation sites (N-methyl/N-ethyl adjacent to an activating group) is 1. The number of aryl methyl sites for hydroxylation is 1. The fourth-order valence-corrected chi connectivity index (χ4v) is 2.05. The summed E-state index contributed by atoms with van der Waals surface area (Å²) in [4.78, 5) is 16.2. The quantitative estimate of drug-likeness (QED) is 0.845. The number of carbonyl (C=O) groups is 1. The lowest BCUT2D eigenvalue weighted by Crippen LogP contribution is -2.21. The summed E-state index contributed by atoms with van der Waals surface area (Å²) in [7, 11) is 1.78. The number of nitrogens with zero attached hydrogens (tertiary/aromatic N) is 2. The number of benzene rings is 1. The van der Waals surface area contributed by atoms with Gasteiger partial charge in [-0.2, -0.15) is 0 Å². The Bertz CT molecular complexity index is 530. The molecule has 0 bridgehead atoms. The largest absolute Gasteiger partial charge is 0.328 e. The smallest absolute Gasteiger partial charge is 0.154 e. The predicted molar refractivity (Wildman–Crippen MR) is 68.0 cm³/mol. The summed E-state index contributed by atoms with van der Waals surface area (Å²) in [6, 6.07) is 7.98. The third-order valence-corrected chi connectivity index (χ3v) is 2.78.